The summed E-state index contributed by atoms with van der Waals surface area (Å²) >= 11 is 0. The molecule has 0 aliphatic rings. The fourth-order valence-corrected chi connectivity index (χ4v) is 0.996. The number of rotatable bonds is 5. The molecular weight excluding hydrogens is 207 g/mol. The number of hydrogen-bond donors (Lipinski definition) is 0. The van der Waals surface area contributed by atoms with Gasteiger partial charge in [0.1, 0.15) is 11.8 Å². The Kier molecular flexibility index (Phi) is 7.35. The number of carbonyl (C=O) groups is 3. The van der Waals surface area contributed by atoms with Gasteiger partial charge in [-0.15, -0.1) is 0 Å². The molecule has 0 amide bonds. The van der Waals surface area contributed by atoms with Crippen molar-refractivity contribution in [1.82, 2.24) is 0 Å². The molecule has 80 valence electrons. The van der Waals surface area contributed by atoms with Gasteiger partial charge in [-0.1, -0.05) is 27.7 Å². The number of ketones is 2. The van der Waals surface area contributed by atoms with Crippen molar-refractivity contribution in [3.63, 3.8) is 0 Å². The van der Waals surface area contributed by atoms with Gasteiger partial charge in [-0.25, -0.2) is 0 Å². The van der Waals surface area contributed by atoms with Gasteiger partial charge >= 0.3 is 29.6 Å². The summed E-state index contributed by atoms with van der Waals surface area (Å²) in [6.45, 7) is 6.29. The second-order valence-electron chi connectivity index (χ2n) is 4.30. The molecule has 0 aromatic rings. The van der Waals surface area contributed by atoms with Crippen molar-refractivity contribution in [2.24, 2.45) is 11.3 Å². The second-order valence-corrected chi connectivity index (χ2v) is 4.30. The predicted octanol–water partition coefficient (Wildman–Crippen LogP) is -3.05. The molecule has 0 saturated carbocycles. The molecule has 15 heavy (non-hydrogen) atoms. The van der Waals surface area contributed by atoms with Crippen LogP contribution in [0.1, 0.15) is 34.1 Å². The van der Waals surface area contributed by atoms with Crippen LogP contribution >= 0.6 is 0 Å². The van der Waals surface area contributed by atoms with Gasteiger partial charge in [-0.3, -0.25) is 9.59 Å². The molecule has 0 fully saturated rings. The first-order chi connectivity index (χ1) is 6.18. The molecule has 4 nitrogen and oxygen atoms in total. The molecule has 0 rings (SSSR count). The summed E-state index contributed by atoms with van der Waals surface area (Å²) in [6.07, 6.45) is -0.0581. The van der Waals surface area contributed by atoms with Crippen LogP contribution in [0.25, 0.3) is 0 Å². The first-order valence-corrected chi connectivity index (χ1v) is 4.47. The predicted molar refractivity (Wildman–Crippen MR) is 48.3 cm³/mol. The van der Waals surface area contributed by atoms with E-state index in [9.17, 15) is 19.5 Å². The number of hydrogen-bond acceptors (Lipinski definition) is 4. The van der Waals surface area contributed by atoms with Crippen molar-refractivity contribution in [1.29, 1.82) is 0 Å². The third kappa shape index (κ3) is 5.44. The summed E-state index contributed by atoms with van der Waals surface area (Å²) in [5.41, 5.74) is -1.17. The van der Waals surface area contributed by atoms with Crippen molar-refractivity contribution in [3.05, 3.63) is 0 Å². The van der Waals surface area contributed by atoms with Crippen molar-refractivity contribution in [2.45, 2.75) is 34.1 Å². The molecule has 0 bridgehead atoms. The SMILES string of the molecule is CC(C)C(=O)CC(C)(C)C(=O)C(=O)[O-].[Na+]. The van der Waals surface area contributed by atoms with E-state index in [0.717, 1.165) is 0 Å². The molecule has 0 spiro atoms. The Balaban J connectivity index is 0. The van der Waals surface area contributed by atoms with Gasteiger partial charge in [0.25, 0.3) is 0 Å². The molecule has 0 radical (unpaired) electrons. The summed E-state index contributed by atoms with van der Waals surface area (Å²) in [6, 6.07) is 0. The number of carbonyl (C=O) groups excluding carboxylic acids is 3. The van der Waals surface area contributed by atoms with Crippen LogP contribution in [0.4, 0.5) is 0 Å². The number of Topliss-reactive ketones (excluding diaryl/α,β-unsaturated/α-hetero) is 2. The molecule has 0 aromatic carbocycles. The molecule has 0 aromatic heterocycles. The fraction of sp³-hybridized carbons (Fsp3) is 0.700. The number of carboxylic acids is 1. The third-order valence-corrected chi connectivity index (χ3v) is 2.06. The zero-order valence-electron chi connectivity index (χ0n) is 9.92. The van der Waals surface area contributed by atoms with Gasteiger partial charge < -0.3 is 9.90 Å². The molecule has 0 atom stereocenters. The summed E-state index contributed by atoms with van der Waals surface area (Å²) in [5, 5.41) is 10.3. The van der Waals surface area contributed by atoms with E-state index < -0.39 is 17.2 Å². The van der Waals surface area contributed by atoms with Gasteiger partial charge in [-0.2, -0.15) is 0 Å². The monoisotopic (exact) mass is 222 g/mol. The Morgan fingerprint density at radius 3 is 1.87 bits per heavy atom. The molecule has 0 N–H and O–H groups in total. The average Bonchev–Trinajstić information content (AvgIpc) is 2.01. The Morgan fingerprint density at radius 1 is 1.20 bits per heavy atom. The summed E-state index contributed by atoms with van der Waals surface area (Å²) < 4.78 is 0. The average molecular weight is 222 g/mol. The van der Waals surface area contributed by atoms with E-state index in [-0.39, 0.29) is 47.7 Å². The van der Waals surface area contributed by atoms with Crippen LogP contribution in [0.5, 0.6) is 0 Å². The van der Waals surface area contributed by atoms with Crippen molar-refractivity contribution in [3.8, 4) is 0 Å². The summed E-state index contributed by atoms with van der Waals surface area (Å²) in [4.78, 5) is 32.8. The maximum absolute atomic E-state index is 11.3. The minimum atomic E-state index is -1.73. The normalized spacial score (nSPS) is 10.7. The minimum Gasteiger partial charge on any atom is -0.542 e. The third-order valence-electron chi connectivity index (χ3n) is 2.06. The maximum atomic E-state index is 11.3. The van der Waals surface area contributed by atoms with E-state index in [4.69, 9.17) is 0 Å². The Bertz CT molecular complexity index is 269. The molecule has 0 aliphatic carbocycles. The molecule has 5 heteroatoms. The van der Waals surface area contributed by atoms with E-state index in [1.165, 1.54) is 13.8 Å². The van der Waals surface area contributed by atoms with E-state index in [0.29, 0.717) is 0 Å². The van der Waals surface area contributed by atoms with E-state index in [1.54, 1.807) is 13.8 Å². The molecule has 0 heterocycles. The molecular formula is C10H15NaO4. The molecule has 0 saturated heterocycles. The number of aliphatic carboxylic acids is 1. The van der Waals surface area contributed by atoms with Crippen LogP contribution in [0.2, 0.25) is 0 Å². The van der Waals surface area contributed by atoms with Gasteiger partial charge in [-0.05, 0) is 0 Å². The first kappa shape index (κ1) is 17.2. The zero-order valence-corrected chi connectivity index (χ0v) is 11.9. The van der Waals surface area contributed by atoms with E-state index in [1.807, 2.05) is 0 Å². The first-order valence-electron chi connectivity index (χ1n) is 4.47. The fourth-order valence-electron chi connectivity index (χ4n) is 0.996. The van der Waals surface area contributed by atoms with Gasteiger partial charge in [0, 0.05) is 17.8 Å². The summed E-state index contributed by atoms with van der Waals surface area (Å²) in [7, 11) is 0. The van der Waals surface area contributed by atoms with Crippen LogP contribution in [0, 0.1) is 11.3 Å². The van der Waals surface area contributed by atoms with Crippen molar-refractivity contribution in [2.75, 3.05) is 0 Å². The molecule has 0 unspecified atom stereocenters. The minimum absolute atomic E-state index is 0. The van der Waals surface area contributed by atoms with Crippen LogP contribution in [-0.2, 0) is 14.4 Å². The van der Waals surface area contributed by atoms with Crippen molar-refractivity contribution < 1.29 is 49.0 Å². The smallest absolute Gasteiger partial charge is 0.542 e. The molecule has 0 aliphatic heterocycles. The van der Waals surface area contributed by atoms with Crippen molar-refractivity contribution >= 4 is 17.5 Å². The number of carboxylic acid groups (broad SMARTS) is 1. The second kappa shape index (κ2) is 6.40. The van der Waals surface area contributed by atoms with Gasteiger partial charge in [0.2, 0.25) is 0 Å². The van der Waals surface area contributed by atoms with Crippen LogP contribution in [0.15, 0.2) is 0 Å². The largest absolute Gasteiger partial charge is 1.00 e. The van der Waals surface area contributed by atoms with E-state index >= 15 is 0 Å². The Labute approximate surface area is 112 Å². The standard InChI is InChI=1S/C10H16O4.Na/c1-6(2)7(11)5-10(3,4)8(12)9(13)14;/h6H,5H2,1-4H3,(H,13,14);/q;+1/p-1. The van der Waals surface area contributed by atoms with Crippen LogP contribution < -0.4 is 34.7 Å². The summed E-state index contributed by atoms with van der Waals surface area (Å²) in [5.74, 6) is -3.06. The Morgan fingerprint density at radius 2 is 1.60 bits per heavy atom. The Hall–Kier alpha value is -0.190. The van der Waals surface area contributed by atoms with E-state index in [2.05, 4.69) is 0 Å². The van der Waals surface area contributed by atoms with Crippen LogP contribution in [-0.4, -0.2) is 17.5 Å². The van der Waals surface area contributed by atoms with Crippen LogP contribution in [0.3, 0.4) is 0 Å². The topological polar surface area (TPSA) is 74.3 Å². The quantitative estimate of drug-likeness (QED) is 0.366. The van der Waals surface area contributed by atoms with Gasteiger partial charge in [0.05, 0.1) is 0 Å². The van der Waals surface area contributed by atoms with Gasteiger partial charge in [0.15, 0.2) is 5.78 Å². The maximum Gasteiger partial charge on any atom is 1.00 e. The zero-order chi connectivity index (χ0) is 11.5.